The van der Waals surface area contributed by atoms with Gasteiger partial charge in [-0.1, -0.05) is 0 Å². The number of carboxylic acids is 2. The minimum absolute atomic E-state index is 0.0128. The third-order valence-corrected chi connectivity index (χ3v) is 2.90. The number of hydrogen-bond acceptors (Lipinski definition) is 4. The zero-order valence-corrected chi connectivity index (χ0v) is 11.5. The summed E-state index contributed by atoms with van der Waals surface area (Å²) in [6.45, 7) is 0. The Kier molecular flexibility index (Phi) is 5.83. The maximum atomic E-state index is 10.7. The first-order valence-corrected chi connectivity index (χ1v) is 6.15. The fraction of sp³-hybridized carbons (Fsp3) is 0.429. The smallest absolute Gasteiger partial charge is 0.303 e. The van der Waals surface area contributed by atoms with Gasteiger partial charge in [-0.3, -0.25) is 9.59 Å². The number of hydrogen-bond donors (Lipinski definition) is 2. The highest BCUT2D eigenvalue weighted by atomic mass is 16.5. The normalized spacial score (nSPS) is 10.1. The molecule has 20 heavy (non-hydrogen) atoms. The van der Waals surface area contributed by atoms with Gasteiger partial charge in [-0.15, -0.1) is 0 Å². The van der Waals surface area contributed by atoms with Crippen molar-refractivity contribution in [3.05, 3.63) is 23.3 Å². The van der Waals surface area contributed by atoms with Gasteiger partial charge in [0, 0.05) is 18.9 Å². The molecule has 1 aromatic rings. The molecular weight excluding hydrogens is 264 g/mol. The molecule has 1 rings (SSSR count). The van der Waals surface area contributed by atoms with Gasteiger partial charge in [0.15, 0.2) is 0 Å². The van der Waals surface area contributed by atoms with E-state index in [9.17, 15) is 9.59 Å². The molecule has 0 amide bonds. The molecule has 0 aliphatic heterocycles. The number of carbonyl (C=O) groups is 2. The first-order chi connectivity index (χ1) is 9.47. The van der Waals surface area contributed by atoms with E-state index in [1.807, 2.05) is 0 Å². The van der Waals surface area contributed by atoms with Gasteiger partial charge < -0.3 is 19.7 Å². The molecule has 0 heterocycles. The first kappa shape index (κ1) is 15.8. The van der Waals surface area contributed by atoms with Gasteiger partial charge in [0.1, 0.15) is 11.5 Å². The molecule has 0 saturated carbocycles. The van der Waals surface area contributed by atoms with Gasteiger partial charge >= 0.3 is 11.9 Å². The molecule has 0 aliphatic carbocycles. The van der Waals surface area contributed by atoms with Crippen LogP contribution in [0.4, 0.5) is 0 Å². The molecule has 0 aromatic heterocycles. The van der Waals surface area contributed by atoms with Gasteiger partial charge in [0.25, 0.3) is 0 Å². The van der Waals surface area contributed by atoms with Gasteiger partial charge in [0.05, 0.1) is 14.2 Å². The van der Waals surface area contributed by atoms with Crippen LogP contribution < -0.4 is 9.47 Å². The van der Waals surface area contributed by atoms with Crippen LogP contribution in [0.2, 0.25) is 0 Å². The van der Waals surface area contributed by atoms with E-state index >= 15 is 0 Å². The zero-order valence-electron chi connectivity index (χ0n) is 11.5. The van der Waals surface area contributed by atoms with Gasteiger partial charge in [0.2, 0.25) is 0 Å². The fourth-order valence-electron chi connectivity index (χ4n) is 1.91. The van der Waals surface area contributed by atoms with Crippen LogP contribution in [0.1, 0.15) is 24.0 Å². The van der Waals surface area contributed by atoms with Crippen molar-refractivity contribution in [1.29, 1.82) is 0 Å². The maximum absolute atomic E-state index is 10.7. The van der Waals surface area contributed by atoms with Crippen LogP contribution in [-0.2, 0) is 22.4 Å². The van der Waals surface area contributed by atoms with E-state index in [2.05, 4.69) is 0 Å². The molecule has 0 spiro atoms. The molecule has 1 aromatic carbocycles. The number of methoxy groups -OCH3 is 2. The predicted molar refractivity (Wildman–Crippen MR) is 71.5 cm³/mol. The van der Waals surface area contributed by atoms with Crippen molar-refractivity contribution in [1.82, 2.24) is 0 Å². The van der Waals surface area contributed by atoms with Gasteiger partial charge in [-0.25, -0.2) is 0 Å². The second kappa shape index (κ2) is 7.37. The van der Waals surface area contributed by atoms with Crippen molar-refractivity contribution in [3.8, 4) is 11.5 Å². The van der Waals surface area contributed by atoms with Crippen molar-refractivity contribution in [2.45, 2.75) is 25.7 Å². The minimum atomic E-state index is -0.894. The lowest BCUT2D eigenvalue weighted by atomic mass is 10.0. The number of ether oxygens (including phenoxy) is 2. The highest BCUT2D eigenvalue weighted by Gasteiger charge is 2.13. The van der Waals surface area contributed by atoms with Crippen molar-refractivity contribution >= 4 is 11.9 Å². The highest BCUT2D eigenvalue weighted by molar-refractivity contribution is 5.68. The molecule has 0 radical (unpaired) electrons. The van der Waals surface area contributed by atoms with E-state index in [1.54, 1.807) is 12.1 Å². The molecular formula is C14H18O6. The predicted octanol–water partition coefficient (Wildman–Crippen LogP) is 1.74. The largest absolute Gasteiger partial charge is 0.496 e. The molecule has 6 nitrogen and oxygen atoms in total. The molecule has 0 saturated heterocycles. The lowest BCUT2D eigenvalue weighted by Crippen LogP contribution is -2.04. The van der Waals surface area contributed by atoms with Crippen LogP contribution in [-0.4, -0.2) is 36.4 Å². The molecule has 0 atom stereocenters. The second-order valence-electron chi connectivity index (χ2n) is 4.26. The van der Waals surface area contributed by atoms with Crippen LogP contribution in [0.25, 0.3) is 0 Å². The number of rotatable bonds is 8. The van der Waals surface area contributed by atoms with Crippen molar-refractivity contribution in [2.75, 3.05) is 14.2 Å². The second-order valence-corrected chi connectivity index (χ2v) is 4.26. The van der Waals surface area contributed by atoms with Crippen molar-refractivity contribution in [3.63, 3.8) is 0 Å². The topological polar surface area (TPSA) is 93.1 Å². The van der Waals surface area contributed by atoms with Gasteiger partial charge in [-0.2, -0.15) is 0 Å². The molecule has 6 heteroatoms. The van der Waals surface area contributed by atoms with E-state index < -0.39 is 11.9 Å². The van der Waals surface area contributed by atoms with E-state index in [4.69, 9.17) is 19.7 Å². The van der Waals surface area contributed by atoms with E-state index in [0.29, 0.717) is 24.3 Å². The standard InChI is InChI=1S/C14H18O6/c1-19-11-8-12(20-2)10(4-6-14(17)18)7-9(11)3-5-13(15)16/h7-8H,3-6H2,1-2H3,(H,15,16)(H,17,18). The average molecular weight is 282 g/mol. The summed E-state index contributed by atoms with van der Waals surface area (Å²) < 4.78 is 10.4. The summed E-state index contributed by atoms with van der Waals surface area (Å²) in [6.07, 6.45) is 0.618. The monoisotopic (exact) mass is 282 g/mol. The van der Waals surface area contributed by atoms with Crippen LogP contribution in [0, 0.1) is 0 Å². The quantitative estimate of drug-likeness (QED) is 0.754. The third kappa shape index (κ3) is 4.46. The summed E-state index contributed by atoms with van der Waals surface area (Å²) in [4.78, 5) is 21.3. The Morgan fingerprint density at radius 1 is 0.900 bits per heavy atom. The third-order valence-electron chi connectivity index (χ3n) is 2.90. The summed E-state index contributed by atoms with van der Waals surface area (Å²) in [5, 5.41) is 17.5. The van der Waals surface area contributed by atoms with E-state index in [0.717, 1.165) is 11.1 Å². The van der Waals surface area contributed by atoms with E-state index in [-0.39, 0.29) is 12.8 Å². The van der Waals surface area contributed by atoms with Crippen LogP contribution in [0.5, 0.6) is 11.5 Å². The maximum Gasteiger partial charge on any atom is 0.303 e. The Balaban J connectivity index is 3.04. The highest BCUT2D eigenvalue weighted by Crippen LogP contribution is 2.30. The summed E-state index contributed by atoms with van der Waals surface area (Å²) >= 11 is 0. The Hall–Kier alpha value is -2.24. The Labute approximate surface area is 116 Å². The molecule has 2 N–H and O–H groups in total. The SMILES string of the molecule is COc1cc(OC)c(CCC(=O)O)cc1CCC(=O)O. The van der Waals surface area contributed by atoms with Crippen molar-refractivity contribution in [2.24, 2.45) is 0 Å². The number of aryl methyl sites for hydroxylation is 2. The Morgan fingerprint density at radius 3 is 1.60 bits per heavy atom. The Morgan fingerprint density at radius 2 is 1.30 bits per heavy atom. The summed E-state index contributed by atoms with van der Waals surface area (Å²) in [7, 11) is 2.99. The minimum Gasteiger partial charge on any atom is -0.496 e. The number of carboxylic acid groups (broad SMARTS) is 2. The molecule has 110 valence electrons. The lowest BCUT2D eigenvalue weighted by Gasteiger charge is -2.14. The summed E-state index contributed by atoms with van der Waals surface area (Å²) in [6, 6.07) is 3.41. The van der Waals surface area contributed by atoms with Crippen LogP contribution in [0.15, 0.2) is 12.1 Å². The van der Waals surface area contributed by atoms with E-state index in [1.165, 1.54) is 14.2 Å². The molecule has 0 unspecified atom stereocenters. The van der Waals surface area contributed by atoms with Crippen LogP contribution >= 0.6 is 0 Å². The molecule has 0 fully saturated rings. The lowest BCUT2D eigenvalue weighted by molar-refractivity contribution is -0.137. The molecule has 0 aliphatic rings. The first-order valence-electron chi connectivity index (χ1n) is 6.15. The van der Waals surface area contributed by atoms with Crippen molar-refractivity contribution < 1.29 is 29.3 Å². The number of aliphatic carboxylic acids is 2. The molecule has 0 bridgehead atoms. The summed E-state index contributed by atoms with van der Waals surface area (Å²) in [5.74, 6) is -0.700. The Bertz CT molecular complexity index is 453. The van der Waals surface area contributed by atoms with Crippen LogP contribution in [0.3, 0.4) is 0 Å². The zero-order chi connectivity index (χ0) is 15.1. The van der Waals surface area contributed by atoms with Gasteiger partial charge in [-0.05, 0) is 30.0 Å². The number of benzene rings is 1. The average Bonchev–Trinajstić information content (AvgIpc) is 2.42. The fourth-order valence-corrected chi connectivity index (χ4v) is 1.91. The summed E-state index contributed by atoms with van der Waals surface area (Å²) in [5.41, 5.74) is 1.46.